The van der Waals surface area contributed by atoms with Gasteiger partial charge in [0.05, 0.1) is 0 Å². The molecule has 1 fully saturated rings. The van der Waals surface area contributed by atoms with Gasteiger partial charge in [-0.25, -0.2) is 4.98 Å². The topological polar surface area (TPSA) is 70.7 Å². The van der Waals surface area contributed by atoms with Crippen molar-refractivity contribution in [1.29, 1.82) is 0 Å². The van der Waals surface area contributed by atoms with Crippen LogP contribution in [0.1, 0.15) is 69.8 Å². The summed E-state index contributed by atoms with van der Waals surface area (Å²) in [6, 6.07) is 0.236. The second kappa shape index (κ2) is 5.94. The molecule has 1 aromatic rings. The zero-order chi connectivity index (χ0) is 14.8. The van der Waals surface area contributed by atoms with E-state index < -0.39 is 0 Å². The molecule has 0 saturated heterocycles. The zero-order valence-corrected chi connectivity index (χ0v) is 13.0. The number of aryl methyl sites for hydroxylation is 1. The van der Waals surface area contributed by atoms with E-state index in [4.69, 9.17) is 0 Å². The summed E-state index contributed by atoms with van der Waals surface area (Å²) in [6.07, 6.45) is 5.44. The van der Waals surface area contributed by atoms with Crippen molar-refractivity contribution in [3.05, 3.63) is 11.6 Å². The molecule has 1 amide bonds. The van der Waals surface area contributed by atoms with Crippen LogP contribution in [0.4, 0.5) is 0 Å². The molecule has 0 radical (unpaired) electrons. The summed E-state index contributed by atoms with van der Waals surface area (Å²) in [4.78, 5) is 16.5. The molecule has 2 rings (SSSR count). The second-order valence-corrected chi connectivity index (χ2v) is 6.80. The maximum Gasteiger partial charge on any atom is 0.291 e. The number of hydrogen-bond donors (Lipinski definition) is 2. The number of hydrogen-bond acceptors (Lipinski definition) is 3. The molecule has 2 N–H and O–H groups in total. The van der Waals surface area contributed by atoms with Crippen molar-refractivity contribution >= 4 is 5.91 Å². The molecule has 20 heavy (non-hydrogen) atoms. The Kier molecular flexibility index (Phi) is 4.45. The average molecular weight is 278 g/mol. The van der Waals surface area contributed by atoms with E-state index in [0.29, 0.717) is 5.92 Å². The van der Waals surface area contributed by atoms with Crippen LogP contribution >= 0.6 is 0 Å². The fraction of sp³-hybridized carbons (Fsp3) is 0.800. The monoisotopic (exact) mass is 278 g/mol. The zero-order valence-electron chi connectivity index (χ0n) is 13.0. The molecule has 1 heterocycles. The van der Waals surface area contributed by atoms with E-state index in [1.807, 2.05) is 6.92 Å². The van der Waals surface area contributed by atoms with Crippen LogP contribution in [-0.4, -0.2) is 27.1 Å². The summed E-state index contributed by atoms with van der Waals surface area (Å²) in [6.45, 7) is 8.75. The van der Waals surface area contributed by atoms with Crippen molar-refractivity contribution in [3.8, 4) is 0 Å². The van der Waals surface area contributed by atoms with E-state index >= 15 is 0 Å². The Morgan fingerprint density at radius 2 is 2.05 bits per heavy atom. The molecule has 5 heteroatoms. The van der Waals surface area contributed by atoms with E-state index in [2.05, 4.69) is 41.3 Å². The van der Waals surface area contributed by atoms with Crippen molar-refractivity contribution in [3.63, 3.8) is 0 Å². The minimum atomic E-state index is -0.151. The highest BCUT2D eigenvalue weighted by Crippen LogP contribution is 2.38. The summed E-state index contributed by atoms with van der Waals surface area (Å²) >= 11 is 0. The van der Waals surface area contributed by atoms with Crippen LogP contribution in [0.2, 0.25) is 0 Å². The molecule has 0 spiro atoms. The summed E-state index contributed by atoms with van der Waals surface area (Å²) in [5.74, 6) is 1.39. The van der Waals surface area contributed by atoms with E-state index in [1.54, 1.807) is 0 Å². The predicted molar refractivity (Wildman–Crippen MR) is 78.4 cm³/mol. The van der Waals surface area contributed by atoms with E-state index in [0.717, 1.165) is 18.7 Å². The maximum absolute atomic E-state index is 12.3. The molecule has 1 aliphatic carbocycles. The molecular formula is C15H26N4O. The van der Waals surface area contributed by atoms with Gasteiger partial charge in [-0.05, 0) is 24.2 Å². The third-order valence-corrected chi connectivity index (χ3v) is 4.26. The quantitative estimate of drug-likeness (QED) is 0.893. The number of carbonyl (C=O) groups excluding carboxylic acids is 1. The molecule has 5 nitrogen and oxygen atoms in total. The summed E-state index contributed by atoms with van der Waals surface area (Å²) < 4.78 is 0. The first-order valence-electron chi connectivity index (χ1n) is 7.64. The molecule has 1 aromatic heterocycles. The van der Waals surface area contributed by atoms with Gasteiger partial charge in [0, 0.05) is 12.5 Å². The van der Waals surface area contributed by atoms with Crippen LogP contribution < -0.4 is 5.32 Å². The fourth-order valence-electron chi connectivity index (χ4n) is 3.13. The van der Waals surface area contributed by atoms with Gasteiger partial charge < -0.3 is 5.32 Å². The first-order valence-corrected chi connectivity index (χ1v) is 7.64. The number of amides is 1. The highest BCUT2D eigenvalue weighted by Gasteiger charge is 2.35. The molecule has 1 aliphatic rings. The lowest BCUT2D eigenvalue weighted by Gasteiger charge is -2.40. The minimum absolute atomic E-state index is 0.151. The highest BCUT2D eigenvalue weighted by atomic mass is 16.2. The van der Waals surface area contributed by atoms with E-state index in [-0.39, 0.29) is 23.2 Å². The van der Waals surface area contributed by atoms with Crippen molar-refractivity contribution in [2.45, 2.75) is 65.8 Å². The number of carbonyl (C=O) groups is 1. The van der Waals surface area contributed by atoms with Gasteiger partial charge in [-0.1, -0.05) is 40.5 Å². The van der Waals surface area contributed by atoms with Crippen molar-refractivity contribution in [1.82, 2.24) is 20.5 Å². The Hall–Kier alpha value is -1.39. The highest BCUT2D eigenvalue weighted by molar-refractivity contribution is 5.90. The maximum atomic E-state index is 12.3. The van der Waals surface area contributed by atoms with Crippen molar-refractivity contribution in [2.75, 3.05) is 0 Å². The van der Waals surface area contributed by atoms with Gasteiger partial charge in [-0.2, -0.15) is 0 Å². The van der Waals surface area contributed by atoms with Crippen LogP contribution in [0, 0.1) is 11.3 Å². The van der Waals surface area contributed by atoms with Gasteiger partial charge in [-0.15, -0.1) is 5.10 Å². The molecule has 0 bridgehead atoms. The Bertz CT molecular complexity index is 461. The van der Waals surface area contributed by atoms with Gasteiger partial charge in [0.15, 0.2) is 0 Å². The fourth-order valence-corrected chi connectivity index (χ4v) is 3.13. The SMILES string of the molecule is CCc1nc(C(=O)NC2CCCCC2C(C)(C)C)n[nH]1. The van der Waals surface area contributed by atoms with E-state index in [1.165, 1.54) is 19.3 Å². The van der Waals surface area contributed by atoms with Gasteiger partial charge in [0.1, 0.15) is 5.82 Å². The van der Waals surface area contributed by atoms with Crippen molar-refractivity contribution in [2.24, 2.45) is 11.3 Å². The molecule has 1 saturated carbocycles. The molecule has 2 atom stereocenters. The van der Waals surface area contributed by atoms with Crippen molar-refractivity contribution < 1.29 is 4.79 Å². The standard InChI is InChI=1S/C15H26N4O/c1-5-12-17-13(19-18-12)14(20)16-11-9-7-6-8-10(11)15(2,3)4/h10-11H,5-9H2,1-4H3,(H,16,20)(H,17,18,19). The Labute approximate surface area is 120 Å². The second-order valence-electron chi connectivity index (χ2n) is 6.80. The number of rotatable bonds is 3. The van der Waals surface area contributed by atoms with Gasteiger partial charge >= 0.3 is 0 Å². The Morgan fingerprint density at radius 3 is 2.65 bits per heavy atom. The lowest BCUT2D eigenvalue weighted by atomic mass is 9.69. The summed E-state index contributed by atoms with van der Waals surface area (Å²) in [7, 11) is 0. The first kappa shape index (κ1) is 15.0. The summed E-state index contributed by atoms with van der Waals surface area (Å²) in [5.41, 5.74) is 0.214. The normalized spacial score (nSPS) is 23.6. The largest absolute Gasteiger partial charge is 0.346 e. The van der Waals surface area contributed by atoms with Gasteiger partial charge in [0.2, 0.25) is 5.82 Å². The van der Waals surface area contributed by atoms with Crippen LogP contribution in [-0.2, 0) is 6.42 Å². The molecule has 2 unspecified atom stereocenters. The summed E-state index contributed by atoms with van der Waals surface area (Å²) in [5, 5.41) is 9.93. The third-order valence-electron chi connectivity index (χ3n) is 4.26. The molecule has 112 valence electrons. The number of H-pyrrole nitrogens is 1. The van der Waals surface area contributed by atoms with Crippen LogP contribution in [0.15, 0.2) is 0 Å². The van der Waals surface area contributed by atoms with Crippen LogP contribution in [0.3, 0.4) is 0 Å². The number of nitrogens with one attached hydrogen (secondary N) is 2. The molecule has 0 aromatic carbocycles. The van der Waals surface area contributed by atoms with Gasteiger partial charge in [-0.3, -0.25) is 9.89 Å². The Morgan fingerprint density at radius 1 is 1.35 bits per heavy atom. The number of aromatic nitrogens is 3. The van der Waals surface area contributed by atoms with Crippen LogP contribution in [0.5, 0.6) is 0 Å². The molecular weight excluding hydrogens is 252 g/mol. The minimum Gasteiger partial charge on any atom is -0.346 e. The number of aromatic amines is 1. The van der Waals surface area contributed by atoms with Crippen LogP contribution in [0.25, 0.3) is 0 Å². The average Bonchev–Trinajstić information content (AvgIpc) is 2.87. The first-order chi connectivity index (χ1) is 9.41. The lowest BCUT2D eigenvalue weighted by Crippen LogP contribution is -2.46. The smallest absolute Gasteiger partial charge is 0.291 e. The van der Waals surface area contributed by atoms with Gasteiger partial charge in [0.25, 0.3) is 5.91 Å². The molecule has 0 aliphatic heterocycles. The van der Waals surface area contributed by atoms with E-state index in [9.17, 15) is 4.79 Å². The third kappa shape index (κ3) is 3.38. The lowest BCUT2D eigenvalue weighted by molar-refractivity contribution is 0.0820. The Balaban J connectivity index is 2.05. The predicted octanol–water partition coefficient (Wildman–Crippen LogP) is 2.70. The number of nitrogens with zero attached hydrogens (tertiary/aromatic N) is 2.